The summed E-state index contributed by atoms with van der Waals surface area (Å²) in [5.74, 6) is 1.07. The Kier molecular flexibility index (Phi) is 6.81. The van der Waals surface area contributed by atoms with E-state index < -0.39 is 0 Å². The fourth-order valence-electron chi connectivity index (χ4n) is 2.29. The third kappa shape index (κ3) is 5.17. The van der Waals surface area contributed by atoms with Gasteiger partial charge >= 0.3 is 0 Å². The minimum Gasteiger partial charge on any atom is -0.353 e. The summed E-state index contributed by atoms with van der Waals surface area (Å²) in [5, 5.41) is 3.32. The maximum absolute atomic E-state index is 4.60. The Balaban J connectivity index is 2.70. The zero-order valence-electron chi connectivity index (χ0n) is 13.0. The monoisotopic (exact) mass is 264 g/mol. The van der Waals surface area contributed by atoms with Crippen molar-refractivity contribution in [1.82, 2.24) is 15.2 Å². The highest BCUT2D eigenvalue weighted by molar-refractivity contribution is 5.40. The molecular weight excluding hydrogens is 236 g/mol. The molecule has 1 aromatic heterocycles. The molecule has 1 N–H and O–H groups in total. The molecule has 108 valence electrons. The van der Waals surface area contributed by atoms with Crippen molar-refractivity contribution in [2.45, 2.75) is 33.4 Å². The standard InChI is InChI=1S/C15H28N4/c1-6-16-10-14-8-9-15(17-11-14)19(7-2)13(3)12-18(4)5/h8-9,11,13,16H,6-7,10,12H2,1-5H3. The average molecular weight is 264 g/mol. The predicted octanol–water partition coefficient (Wildman–Crippen LogP) is 1.97. The molecule has 0 spiro atoms. The second kappa shape index (κ2) is 8.12. The van der Waals surface area contributed by atoms with Crippen molar-refractivity contribution < 1.29 is 0 Å². The smallest absolute Gasteiger partial charge is 0.128 e. The summed E-state index contributed by atoms with van der Waals surface area (Å²) < 4.78 is 0. The molecule has 0 amide bonds. The Morgan fingerprint density at radius 1 is 1.26 bits per heavy atom. The maximum Gasteiger partial charge on any atom is 0.128 e. The molecule has 1 unspecified atom stereocenters. The maximum atomic E-state index is 4.60. The third-order valence-corrected chi connectivity index (χ3v) is 3.18. The summed E-state index contributed by atoms with van der Waals surface area (Å²) in [5.41, 5.74) is 1.24. The first-order chi connectivity index (χ1) is 9.08. The third-order valence-electron chi connectivity index (χ3n) is 3.18. The number of hydrogen-bond acceptors (Lipinski definition) is 4. The second-order valence-electron chi connectivity index (χ2n) is 5.20. The molecule has 0 aliphatic carbocycles. The second-order valence-corrected chi connectivity index (χ2v) is 5.20. The largest absolute Gasteiger partial charge is 0.353 e. The number of hydrogen-bond donors (Lipinski definition) is 1. The lowest BCUT2D eigenvalue weighted by Crippen LogP contribution is -2.40. The van der Waals surface area contributed by atoms with Gasteiger partial charge < -0.3 is 15.1 Å². The van der Waals surface area contributed by atoms with Gasteiger partial charge in [-0.15, -0.1) is 0 Å². The molecule has 0 bridgehead atoms. The molecule has 0 fully saturated rings. The normalized spacial score (nSPS) is 12.7. The zero-order chi connectivity index (χ0) is 14.3. The van der Waals surface area contributed by atoms with Gasteiger partial charge in [-0.3, -0.25) is 0 Å². The van der Waals surface area contributed by atoms with Gasteiger partial charge in [0.2, 0.25) is 0 Å². The van der Waals surface area contributed by atoms with Crippen molar-refractivity contribution in [3.63, 3.8) is 0 Å². The summed E-state index contributed by atoms with van der Waals surface area (Å²) in [6.07, 6.45) is 1.98. The van der Waals surface area contributed by atoms with E-state index in [1.54, 1.807) is 0 Å². The van der Waals surface area contributed by atoms with Crippen molar-refractivity contribution in [1.29, 1.82) is 0 Å². The van der Waals surface area contributed by atoms with E-state index >= 15 is 0 Å². The first kappa shape index (κ1) is 15.9. The molecule has 0 saturated carbocycles. The van der Waals surface area contributed by atoms with Gasteiger partial charge in [0, 0.05) is 31.9 Å². The quantitative estimate of drug-likeness (QED) is 0.778. The minimum absolute atomic E-state index is 0.465. The summed E-state index contributed by atoms with van der Waals surface area (Å²) >= 11 is 0. The molecule has 1 aromatic rings. The van der Waals surface area contributed by atoms with Crippen molar-refractivity contribution >= 4 is 5.82 Å². The van der Waals surface area contributed by atoms with E-state index in [9.17, 15) is 0 Å². The fourth-order valence-corrected chi connectivity index (χ4v) is 2.29. The van der Waals surface area contributed by atoms with Gasteiger partial charge in [0.15, 0.2) is 0 Å². The molecule has 4 nitrogen and oxygen atoms in total. The molecule has 0 radical (unpaired) electrons. The number of pyridine rings is 1. The number of anilines is 1. The highest BCUT2D eigenvalue weighted by Gasteiger charge is 2.14. The number of likely N-dealkylation sites (N-methyl/N-ethyl adjacent to an activating group) is 2. The van der Waals surface area contributed by atoms with Crippen LogP contribution in [0.5, 0.6) is 0 Å². The van der Waals surface area contributed by atoms with Crippen molar-refractivity contribution in [2.75, 3.05) is 38.6 Å². The van der Waals surface area contributed by atoms with E-state index in [0.717, 1.165) is 32.0 Å². The van der Waals surface area contributed by atoms with Crippen LogP contribution in [0.2, 0.25) is 0 Å². The van der Waals surface area contributed by atoms with Crippen LogP contribution < -0.4 is 10.2 Å². The first-order valence-electron chi connectivity index (χ1n) is 7.15. The Morgan fingerprint density at radius 3 is 2.47 bits per heavy atom. The van der Waals surface area contributed by atoms with Crippen LogP contribution in [0.25, 0.3) is 0 Å². The van der Waals surface area contributed by atoms with Crippen molar-refractivity contribution in [3.05, 3.63) is 23.9 Å². The Labute approximate surface area is 117 Å². The van der Waals surface area contributed by atoms with Crippen LogP contribution in [-0.2, 0) is 6.54 Å². The topological polar surface area (TPSA) is 31.4 Å². The van der Waals surface area contributed by atoms with E-state index in [4.69, 9.17) is 0 Å². The van der Waals surface area contributed by atoms with Crippen molar-refractivity contribution in [3.8, 4) is 0 Å². The van der Waals surface area contributed by atoms with Gasteiger partial charge in [-0.05, 0) is 46.1 Å². The van der Waals surface area contributed by atoms with E-state index in [1.807, 2.05) is 6.20 Å². The van der Waals surface area contributed by atoms with E-state index in [-0.39, 0.29) is 0 Å². The van der Waals surface area contributed by atoms with Crippen LogP contribution in [0.1, 0.15) is 26.3 Å². The van der Waals surface area contributed by atoms with Crippen LogP contribution in [0, 0.1) is 0 Å². The lowest BCUT2D eigenvalue weighted by Gasteiger charge is -2.31. The Bertz CT molecular complexity index is 348. The minimum atomic E-state index is 0.465. The van der Waals surface area contributed by atoms with Crippen LogP contribution in [0.15, 0.2) is 18.3 Å². The zero-order valence-corrected chi connectivity index (χ0v) is 13.0. The molecule has 0 saturated heterocycles. The Hall–Kier alpha value is -1.13. The summed E-state index contributed by atoms with van der Waals surface area (Å²) in [4.78, 5) is 9.16. The van der Waals surface area contributed by atoms with Gasteiger partial charge in [0.05, 0.1) is 0 Å². The number of aromatic nitrogens is 1. The van der Waals surface area contributed by atoms with Crippen LogP contribution in [0.4, 0.5) is 5.82 Å². The molecule has 0 aromatic carbocycles. The highest BCUT2D eigenvalue weighted by Crippen LogP contribution is 2.14. The number of rotatable bonds is 8. The summed E-state index contributed by atoms with van der Waals surface area (Å²) in [6, 6.07) is 4.75. The lowest BCUT2D eigenvalue weighted by atomic mass is 10.2. The first-order valence-corrected chi connectivity index (χ1v) is 7.15. The molecule has 0 aliphatic heterocycles. The van der Waals surface area contributed by atoms with Gasteiger partial charge in [-0.1, -0.05) is 13.0 Å². The summed E-state index contributed by atoms with van der Waals surface area (Å²) in [6.45, 7) is 10.4. The van der Waals surface area contributed by atoms with Crippen LogP contribution in [-0.4, -0.2) is 49.7 Å². The molecule has 1 rings (SSSR count). The molecule has 1 heterocycles. The summed E-state index contributed by atoms with van der Waals surface area (Å²) in [7, 11) is 4.22. The van der Waals surface area contributed by atoms with Crippen molar-refractivity contribution in [2.24, 2.45) is 0 Å². The van der Waals surface area contributed by atoms with E-state index in [2.05, 4.69) is 67.1 Å². The van der Waals surface area contributed by atoms with Crippen LogP contribution in [0.3, 0.4) is 0 Å². The van der Waals surface area contributed by atoms with Gasteiger partial charge in [-0.2, -0.15) is 0 Å². The SMILES string of the molecule is CCNCc1ccc(N(CC)C(C)CN(C)C)nc1. The van der Waals surface area contributed by atoms with Gasteiger partial charge in [0.25, 0.3) is 0 Å². The van der Waals surface area contributed by atoms with E-state index in [0.29, 0.717) is 6.04 Å². The number of nitrogens with zero attached hydrogens (tertiary/aromatic N) is 3. The lowest BCUT2D eigenvalue weighted by molar-refractivity contribution is 0.372. The highest BCUT2D eigenvalue weighted by atomic mass is 15.2. The molecular formula is C15H28N4. The molecule has 1 atom stereocenters. The average Bonchev–Trinajstić information content (AvgIpc) is 2.38. The Morgan fingerprint density at radius 2 is 2.00 bits per heavy atom. The van der Waals surface area contributed by atoms with Gasteiger partial charge in [0.1, 0.15) is 5.82 Å². The molecule has 4 heteroatoms. The molecule has 19 heavy (non-hydrogen) atoms. The fraction of sp³-hybridized carbons (Fsp3) is 0.667. The predicted molar refractivity (Wildman–Crippen MR) is 82.7 cm³/mol. The van der Waals surface area contributed by atoms with Crippen LogP contribution >= 0.6 is 0 Å². The van der Waals surface area contributed by atoms with E-state index in [1.165, 1.54) is 5.56 Å². The molecule has 0 aliphatic rings. The van der Waals surface area contributed by atoms with Gasteiger partial charge in [-0.25, -0.2) is 4.98 Å². The number of nitrogens with one attached hydrogen (secondary N) is 1.